The second kappa shape index (κ2) is 6.15. The highest BCUT2D eigenvalue weighted by atomic mass is 16.2. The summed E-state index contributed by atoms with van der Waals surface area (Å²) in [6, 6.07) is 6.45. The maximum Gasteiger partial charge on any atom is 0.277 e. The molecule has 1 aliphatic rings. The molecule has 0 radical (unpaired) electrons. The number of piperazine rings is 1. The third-order valence-electron chi connectivity index (χ3n) is 3.99. The fourth-order valence-electron chi connectivity index (χ4n) is 2.64. The third-order valence-corrected chi connectivity index (χ3v) is 3.99. The van der Waals surface area contributed by atoms with Crippen LogP contribution in [0.15, 0.2) is 29.1 Å². The molecule has 1 unspecified atom stereocenters. The predicted molar refractivity (Wildman–Crippen MR) is 82.6 cm³/mol. The van der Waals surface area contributed by atoms with Gasteiger partial charge in [0.2, 0.25) is 11.8 Å². The average molecular weight is 315 g/mol. The minimum absolute atomic E-state index is 0.102. The zero-order valence-electron chi connectivity index (χ0n) is 12.7. The maximum atomic E-state index is 12.3. The highest BCUT2D eigenvalue weighted by molar-refractivity contribution is 5.88. The van der Waals surface area contributed by atoms with Gasteiger partial charge in [0.05, 0.1) is 11.9 Å². The molecule has 120 valence electrons. The lowest BCUT2D eigenvalue weighted by Gasteiger charge is -2.32. The number of amides is 2. The van der Waals surface area contributed by atoms with Crippen LogP contribution in [0.5, 0.6) is 0 Å². The Hall–Kier alpha value is -2.77. The number of hydrogen-bond acceptors (Lipinski definition) is 5. The number of hydrogen-bond donors (Lipinski definition) is 1. The van der Waals surface area contributed by atoms with Crippen molar-refractivity contribution < 1.29 is 9.59 Å². The Kier molecular flexibility index (Phi) is 4.05. The molecule has 1 N–H and O–H groups in total. The summed E-state index contributed by atoms with van der Waals surface area (Å²) >= 11 is 0. The highest BCUT2D eigenvalue weighted by Crippen LogP contribution is 2.07. The molecule has 2 heterocycles. The lowest BCUT2D eigenvalue weighted by atomic mass is 10.2. The van der Waals surface area contributed by atoms with E-state index in [0.717, 1.165) is 0 Å². The summed E-state index contributed by atoms with van der Waals surface area (Å²) in [6.07, 6.45) is 0.102. The van der Waals surface area contributed by atoms with Crippen LogP contribution in [0.25, 0.3) is 10.9 Å². The molecule has 8 nitrogen and oxygen atoms in total. The molecule has 8 heteroatoms. The summed E-state index contributed by atoms with van der Waals surface area (Å²) < 4.78 is 1.19. The summed E-state index contributed by atoms with van der Waals surface area (Å²) in [5.74, 6) is -0.332. The summed E-state index contributed by atoms with van der Waals surface area (Å²) in [4.78, 5) is 37.7. The van der Waals surface area contributed by atoms with E-state index in [1.165, 1.54) is 9.58 Å². The Morgan fingerprint density at radius 2 is 2.13 bits per heavy atom. The maximum absolute atomic E-state index is 12.3. The summed E-state index contributed by atoms with van der Waals surface area (Å²) in [7, 11) is 0. The Labute approximate surface area is 132 Å². The smallest absolute Gasteiger partial charge is 0.277 e. The van der Waals surface area contributed by atoms with E-state index < -0.39 is 6.04 Å². The van der Waals surface area contributed by atoms with Crippen LogP contribution in [-0.2, 0) is 16.1 Å². The number of rotatable bonds is 3. The average Bonchev–Trinajstić information content (AvgIpc) is 2.57. The molecule has 1 saturated heterocycles. The predicted octanol–water partition coefficient (Wildman–Crippen LogP) is -0.471. The highest BCUT2D eigenvalue weighted by Gasteiger charge is 2.28. The van der Waals surface area contributed by atoms with Gasteiger partial charge in [0.1, 0.15) is 11.6 Å². The van der Waals surface area contributed by atoms with Crippen molar-refractivity contribution in [2.45, 2.75) is 25.9 Å². The van der Waals surface area contributed by atoms with E-state index in [0.29, 0.717) is 24.0 Å². The fraction of sp³-hybridized carbons (Fsp3) is 0.400. The zero-order valence-corrected chi connectivity index (χ0v) is 12.7. The van der Waals surface area contributed by atoms with E-state index in [-0.39, 0.29) is 30.3 Å². The van der Waals surface area contributed by atoms with Gasteiger partial charge in [0, 0.05) is 19.5 Å². The van der Waals surface area contributed by atoms with Crippen LogP contribution in [0.3, 0.4) is 0 Å². The minimum atomic E-state index is -0.490. The van der Waals surface area contributed by atoms with Gasteiger partial charge in [-0.2, -0.15) is 0 Å². The fourth-order valence-corrected chi connectivity index (χ4v) is 2.64. The molecule has 2 aromatic rings. The Bertz CT molecular complexity index is 816. The van der Waals surface area contributed by atoms with Crippen LogP contribution in [0, 0.1) is 0 Å². The number of carbonyl (C=O) groups is 2. The van der Waals surface area contributed by atoms with E-state index in [2.05, 4.69) is 15.6 Å². The largest absolute Gasteiger partial charge is 0.353 e. The van der Waals surface area contributed by atoms with E-state index in [4.69, 9.17) is 0 Å². The SMILES string of the molecule is CC1C(=O)NCCN1C(=O)CCn1nnc2ccccc2c1=O. The molecule has 1 aliphatic heterocycles. The summed E-state index contributed by atoms with van der Waals surface area (Å²) in [6.45, 7) is 2.75. The first kappa shape index (κ1) is 15.1. The normalized spacial score (nSPS) is 18.0. The monoisotopic (exact) mass is 315 g/mol. The number of aryl methyl sites for hydroxylation is 1. The standard InChI is InChI=1S/C15H17N5O3/c1-10-14(22)16-7-9-19(10)13(21)6-8-20-15(23)11-4-2-3-5-12(11)17-18-20/h2-5,10H,6-9H2,1H3,(H,16,22). The van der Waals surface area contributed by atoms with Crippen molar-refractivity contribution >= 4 is 22.7 Å². The first-order chi connectivity index (χ1) is 11.1. The van der Waals surface area contributed by atoms with Gasteiger partial charge in [-0.05, 0) is 19.1 Å². The number of aromatic nitrogens is 3. The topological polar surface area (TPSA) is 97.2 Å². The lowest BCUT2D eigenvalue weighted by Crippen LogP contribution is -2.56. The summed E-state index contributed by atoms with van der Waals surface area (Å²) in [5.41, 5.74) is 0.259. The Morgan fingerprint density at radius 3 is 2.96 bits per heavy atom. The quantitative estimate of drug-likeness (QED) is 0.826. The van der Waals surface area contributed by atoms with Crippen molar-refractivity contribution in [3.63, 3.8) is 0 Å². The van der Waals surface area contributed by atoms with E-state index in [1.807, 2.05) is 0 Å². The second-order valence-corrected chi connectivity index (χ2v) is 5.44. The molecule has 1 fully saturated rings. The van der Waals surface area contributed by atoms with Crippen molar-refractivity contribution in [2.75, 3.05) is 13.1 Å². The molecule has 23 heavy (non-hydrogen) atoms. The number of benzene rings is 1. The molecule has 0 bridgehead atoms. The molecular formula is C15H17N5O3. The van der Waals surface area contributed by atoms with Gasteiger partial charge < -0.3 is 10.2 Å². The van der Waals surface area contributed by atoms with Crippen LogP contribution in [-0.4, -0.2) is 50.8 Å². The van der Waals surface area contributed by atoms with Crippen molar-refractivity contribution in [1.29, 1.82) is 0 Å². The summed E-state index contributed by atoms with van der Waals surface area (Å²) in [5, 5.41) is 11.0. The number of fused-ring (bicyclic) bond motifs is 1. The molecule has 1 atom stereocenters. The number of nitrogens with one attached hydrogen (secondary N) is 1. The van der Waals surface area contributed by atoms with E-state index in [1.54, 1.807) is 31.2 Å². The van der Waals surface area contributed by atoms with Crippen LogP contribution in [0.2, 0.25) is 0 Å². The van der Waals surface area contributed by atoms with Gasteiger partial charge in [-0.1, -0.05) is 17.3 Å². The Morgan fingerprint density at radius 1 is 1.35 bits per heavy atom. The lowest BCUT2D eigenvalue weighted by molar-refractivity contribution is -0.142. The number of nitrogens with zero attached hydrogens (tertiary/aromatic N) is 4. The number of carbonyl (C=O) groups excluding carboxylic acids is 2. The van der Waals surface area contributed by atoms with Crippen molar-refractivity contribution in [1.82, 2.24) is 25.2 Å². The first-order valence-electron chi connectivity index (χ1n) is 7.47. The second-order valence-electron chi connectivity index (χ2n) is 5.44. The van der Waals surface area contributed by atoms with Crippen LogP contribution < -0.4 is 10.9 Å². The molecule has 0 spiro atoms. The van der Waals surface area contributed by atoms with Crippen LogP contribution in [0.1, 0.15) is 13.3 Å². The van der Waals surface area contributed by atoms with Gasteiger partial charge >= 0.3 is 0 Å². The van der Waals surface area contributed by atoms with Crippen molar-refractivity contribution in [3.8, 4) is 0 Å². The molecule has 2 amide bonds. The molecular weight excluding hydrogens is 298 g/mol. The Balaban J connectivity index is 1.73. The van der Waals surface area contributed by atoms with Crippen molar-refractivity contribution in [3.05, 3.63) is 34.6 Å². The first-order valence-corrected chi connectivity index (χ1v) is 7.47. The molecule has 0 aliphatic carbocycles. The molecule has 1 aromatic carbocycles. The van der Waals surface area contributed by atoms with Crippen molar-refractivity contribution in [2.24, 2.45) is 0 Å². The van der Waals surface area contributed by atoms with Crippen LogP contribution >= 0.6 is 0 Å². The van der Waals surface area contributed by atoms with Gasteiger partial charge in [0.25, 0.3) is 5.56 Å². The minimum Gasteiger partial charge on any atom is -0.353 e. The van der Waals surface area contributed by atoms with E-state index >= 15 is 0 Å². The third kappa shape index (κ3) is 2.92. The van der Waals surface area contributed by atoms with Gasteiger partial charge in [-0.25, -0.2) is 4.68 Å². The zero-order chi connectivity index (χ0) is 16.4. The van der Waals surface area contributed by atoms with Crippen LogP contribution in [0.4, 0.5) is 0 Å². The van der Waals surface area contributed by atoms with Gasteiger partial charge in [0.15, 0.2) is 0 Å². The van der Waals surface area contributed by atoms with E-state index in [9.17, 15) is 14.4 Å². The molecule has 3 rings (SSSR count). The van der Waals surface area contributed by atoms with Gasteiger partial charge in [-0.3, -0.25) is 14.4 Å². The van der Waals surface area contributed by atoms with Gasteiger partial charge in [-0.15, -0.1) is 5.10 Å². The molecule has 0 saturated carbocycles. The molecule has 1 aromatic heterocycles.